The van der Waals surface area contributed by atoms with Crippen molar-refractivity contribution in [3.05, 3.63) is 30.3 Å². The Morgan fingerprint density at radius 1 is 1.00 bits per heavy atom. The van der Waals surface area contributed by atoms with Gasteiger partial charge < -0.3 is 9.44 Å². The van der Waals surface area contributed by atoms with E-state index >= 15 is 0 Å². The van der Waals surface area contributed by atoms with Gasteiger partial charge >= 0.3 is 26.5 Å². The highest BCUT2D eigenvalue weighted by Crippen LogP contribution is 2.53. The molecule has 0 aliphatic carbocycles. The zero-order valence-corrected chi connectivity index (χ0v) is 12.1. The monoisotopic (exact) mass is 387 g/mol. The molecule has 0 fully saturated rings. The molecule has 0 saturated heterocycles. The Morgan fingerprint density at radius 2 is 1.52 bits per heavy atom. The lowest BCUT2D eigenvalue weighted by atomic mass is 10.3. The van der Waals surface area contributed by atoms with Gasteiger partial charge in [-0.2, -0.15) is 39.1 Å². The van der Waals surface area contributed by atoms with E-state index in [2.05, 4.69) is 13.6 Å². The Hall–Kier alpha value is -1.22. The fourth-order valence-electron chi connectivity index (χ4n) is 1.09. The van der Waals surface area contributed by atoms with Crippen LogP contribution in [0.2, 0.25) is 0 Å². The molecular formula is C9H5F6O6S2-. The van der Waals surface area contributed by atoms with Gasteiger partial charge in [0.05, 0.1) is 0 Å². The molecule has 0 N–H and O–H groups in total. The molecule has 0 aromatic heterocycles. The second kappa shape index (κ2) is 6.72. The molecule has 0 aliphatic heterocycles. The van der Waals surface area contributed by atoms with Gasteiger partial charge in [-0.15, -0.1) is 0 Å². The van der Waals surface area contributed by atoms with Crippen LogP contribution in [0.25, 0.3) is 0 Å². The van der Waals surface area contributed by atoms with Crippen molar-refractivity contribution in [1.82, 2.24) is 0 Å². The quantitative estimate of drug-likeness (QED) is 0.222. The molecule has 14 heteroatoms. The summed E-state index contributed by atoms with van der Waals surface area (Å²) in [5.74, 6) is -7.31. The van der Waals surface area contributed by atoms with E-state index in [1.807, 2.05) is 0 Å². The SMILES string of the molecule is O=S(=O)(Oc1ccccc1)C(F)(F)C(F)(F)C(F)(F)SOO[O-]. The van der Waals surface area contributed by atoms with Gasteiger partial charge in [-0.05, 0) is 12.1 Å². The molecule has 0 saturated carbocycles. The number of hydrogen-bond donors (Lipinski definition) is 0. The third-order valence-corrected chi connectivity index (χ3v) is 4.05. The summed E-state index contributed by atoms with van der Waals surface area (Å²) in [5, 5.41) is -0.521. The molecule has 0 bridgehead atoms. The Morgan fingerprint density at radius 3 is 2.00 bits per heavy atom. The van der Waals surface area contributed by atoms with Crippen LogP contribution >= 0.6 is 12.0 Å². The maximum absolute atomic E-state index is 13.5. The zero-order chi connectivity index (χ0) is 17.9. The second-order valence-corrected chi connectivity index (χ2v) is 6.08. The average Bonchev–Trinajstić information content (AvgIpc) is 2.45. The summed E-state index contributed by atoms with van der Waals surface area (Å²) in [4.78, 5) is 0. The van der Waals surface area contributed by atoms with Gasteiger partial charge in [0, 0.05) is 0 Å². The van der Waals surface area contributed by atoms with Crippen molar-refractivity contribution in [1.29, 1.82) is 0 Å². The topological polar surface area (TPSA) is 84.9 Å². The molecule has 0 atom stereocenters. The number of benzene rings is 1. The van der Waals surface area contributed by atoms with Gasteiger partial charge in [0.25, 0.3) is 0 Å². The van der Waals surface area contributed by atoms with E-state index in [4.69, 9.17) is 0 Å². The molecule has 132 valence electrons. The number of para-hydroxylation sites is 1. The minimum atomic E-state index is -6.53. The largest absolute Gasteiger partial charge is 0.691 e. The molecule has 23 heavy (non-hydrogen) atoms. The van der Waals surface area contributed by atoms with Crippen LogP contribution in [-0.2, 0) is 19.5 Å². The first kappa shape index (κ1) is 19.8. The predicted molar refractivity (Wildman–Crippen MR) is 60.6 cm³/mol. The second-order valence-electron chi connectivity index (χ2n) is 3.68. The highest BCUT2D eigenvalue weighted by molar-refractivity contribution is 7.95. The van der Waals surface area contributed by atoms with Crippen LogP contribution in [0.15, 0.2) is 30.3 Å². The van der Waals surface area contributed by atoms with Crippen molar-refractivity contribution >= 4 is 22.2 Å². The van der Waals surface area contributed by atoms with Gasteiger partial charge in [-0.1, -0.05) is 18.2 Å². The van der Waals surface area contributed by atoms with E-state index < -0.39 is 44.3 Å². The van der Waals surface area contributed by atoms with Crippen molar-refractivity contribution < 1.29 is 53.6 Å². The molecule has 6 nitrogen and oxygen atoms in total. The summed E-state index contributed by atoms with van der Waals surface area (Å²) >= 11 is -1.78. The molecule has 1 aromatic carbocycles. The maximum Gasteiger partial charge on any atom is 0.450 e. The number of hydrogen-bond acceptors (Lipinski definition) is 7. The minimum absolute atomic E-state index is 0.807. The number of rotatable bonds is 8. The summed E-state index contributed by atoms with van der Waals surface area (Å²) in [5.41, 5.74) is 0. The van der Waals surface area contributed by atoms with Crippen LogP contribution in [-0.4, -0.2) is 24.8 Å². The normalized spacial score (nSPS) is 13.9. The smallest absolute Gasteiger partial charge is 0.450 e. The van der Waals surface area contributed by atoms with E-state index in [0.717, 1.165) is 24.3 Å². The lowest BCUT2D eigenvalue weighted by molar-refractivity contribution is -0.777. The third kappa shape index (κ3) is 3.82. The highest BCUT2D eigenvalue weighted by Gasteiger charge is 2.79. The Kier molecular flexibility index (Phi) is 5.79. The zero-order valence-electron chi connectivity index (χ0n) is 10.4. The van der Waals surface area contributed by atoms with Crippen molar-refractivity contribution in [3.8, 4) is 5.75 Å². The lowest BCUT2D eigenvalue weighted by Gasteiger charge is -2.30. The van der Waals surface area contributed by atoms with Crippen molar-refractivity contribution in [3.63, 3.8) is 0 Å². The minimum Gasteiger partial charge on any atom is -0.691 e. The fraction of sp³-hybridized carbons (Fsp3) is 0.333. The van der Waals surface area contributed by atoms with Crippen LogP contribution in [0.4, 0.5) is 26.3 Å². The van der Waals surface area contributed by atoms with Crippen LogP contribution in [0.5, 0.6) is 5.75 Å². The third-order valence-electron chi connectivity index (χ3n) is 2.16. The Balaban J connectivity index is 3.16. The van der Waals surface area contributed by atoms with Crippen LogP contribution in [0.1, 0.15) is 0 Å². The highest BCUT2D eigenvalue weighted by atomic mass is 32.2. The first-order valence-corrected chi connectivity index (χ1v) is 7.31. The molecule has 1 aromatic rings. The van der Waals surface area contributed by atoms with Gasteiger partial charge in [0.2, 0.25) is 0 Å². The van der Waals surface area contributed by atoms with Crippen LogP contribution in [0.3, 0.4) is 0 Å². The average molecular weight is 387 g/mol. The van der Waals surface area contributed by atoms with Gasteiger partial charge in [0.15, 0.2) is 0 Å². The first-order valence-electron chi connectivity index (χ1n) is 5.16. The molecule has 0 radical (unpaired) electrons. The van der Waals surface area contributed by atoms with E-state index in [1.165, 1.54) is 6.07 Å². The summed E-state index contributed by atoms with van der Waals surface area (Å²) < 4.78 is 109. The van der Waals surface area contributed by atoms with Crippen molar-refractivity contribution in [2.75, 3.05) is 0 Å². The summed E-state index contributed by atoms with van der Waals surface area (Å²) in [7, 11) is -6.53. The number of halogens is 6. The maximum atomic E-state index is 13.5. The fourth-order valence-corrected chi connectivity index (χ4v) is 2.41. The lowest BCUT2D eigenvalue weighted by Crippen LogP contribution is -2.57. The molecule has 0 heterocycles. The first-order chi connectivity index (χ1) is 10.4. The van der Waals surface area contributed by atoms with E-state index in [0.29, 0.717) is 0 Å². The van der Waals surface area contributed by atoms with E-state index in [1.54, 1.807) is 0 Å². The van der Waals surface area contributed by atoms with E-state index in [-0.39, 0.29) is 0 Å². The Bertz CT molecular complexity index is 623. The summed E-state index contributed by atoms with van der Waals surface area (Å²) in [6.07, 6.45) is 0. The molecule has 1 rings (SSSR count). The van der Waals surface area contributed by atoms with Crippen LogP contribution in [0, 0.1) is 0 Å². The molecular weight excluding hydrogens is 382 g/mol. The van der Waals surface area contributed by atoms with Gasteiger partial charge in [-0.25, -0.2) is 0 Å². The van der Waals surface area contributed by atoms with E-state index in [9.17, 15) is 40.0 Å². The Labute approximate surface area is 129 Å². The van der Waals surface area contributed by atoms with Crippen molar-refractivity contribution in [2.24, 2.45) is 0 Å². The molecule has 0 aliphatic rings. The summed E-state index contributed by atoms with van der Waals surface area (Å²) in [6.45, 7) is 0. The molecule has 0 spiro atoms. The standard InChI is InChI=1S/C9H6F6O6S2/c10-7(11,8(12,13)22-21-20-16)9(14,15)23(17,18)19-6-4-2-1-3-5-6/h1-5,16H/p-1. The number of alkyl halides is 6. The van der Waals surface area contributed by atoms with Crippen molar-refractivity contribution in [2.45, 2.75) is 16.4 Å². The predicted octanol–water partition coefficient (Wildman–Crippen LogP) is 2.09. The van der Waals surface area contributed by atoms with Gasteiger partial charge in [-0.3, -0.25) is 5.04 Å². The van der Waals surface area contributed by atoms with Gasteiger partial charge in [0.1, 0.15) is 17.8 Å². The molecule has 0 amide bonds. The molecule has 0 unspecified atom stereocenters. The summed E-state index contributed by atoms with van der Waals surface area (Å²) in [6, 6.07) is 5.17. The van der Waals surface area contributed by atoms with Crippen LogP contribution < -0.4 is 9.44 Å².